The molecule has 1 nitrogen and oxygen atoms in total. The van der Waals surface area contributed by atoms with Crippen molar-refractivity contribution in [1.29, 1.82) is 0 Å². The highest BCUT2D eigenvalue weighted by molar-refractivity contribution is 5.54. The van der Waals surface area contributed by atoms with Crippen molar-refractivity contribution in [3.05, 3.63) is 34.9 Å². The van der Waals surface area contributed by atoms with Crippen LogP contribution in [0.2, 0.25) is 0 Å². The third-order valence-corrected chi connectivity index (χ3v) is 6.29. The van der Waals surface area contributed by atoms with Crippen molar-refractivity contribution in [1.82, 2.24) is 5.32 Å². The van der Waals surface area contributed by atoms with E-state index in [1.807, 2.05) is 13.8 Å². The Kier molecular flexibility index (Phi) is 4.14. The molecule has 21 heavy (non-hydrogen) atoms. The van der Waals surface area contributed by atoms with Crippen molar-refractivity contribution in [3.63, 3.8) is 0 Å². The van der Waals surface area contributed by atoms with Crippen LogP contribution in [0, 0.1) is 5.92 Å². The number of hydrogen-bond donors (Lipinski definition) is 1. The van der Waals surface area contributed by atoms with Crippen molar-refractivity contribution in [2.75, 3.05) is 6.54 Å². The molecule has 1 aliphatic heterocycles. The molecule has 116 valence electrons. The second-order valence-corrected chi connectivity index (χ2v) is 6.92. The third kappa shape index (κ3) is 2.00. The average molecular weight is 285 g/mol. The molecule has 1 spiro atoms. The van der Waals surface area contributed by atoms with Gasteiger partial charge in [0.25, 0.3) is 0 Å². The van der Waals surface area contributed by atoms with E-state index in [4.69, 9.17) is 0 Å². The van der Waals surface area contributed by atoms with E-state index in [1.54, 1.807) is 11.1 Å². The van der Waals surface area contributed by atoms with E-state index in [0.29, 0.717) is 11.5 Å². The highest BCUT2D eigenvalue weighted by atomic mass is 15.0. The topological polar surface area (TPSA) is 12.0 Å². The molecule has 0 amide bonds. The highest BCUT2D eigenvalue weighted by Gasteiger charge is 2.59. The lowest BCUT2D eigenvalue weighted by molar-refractivity contribution is 0.0514. The van der Waals surface area contributed by atoms with Gasteiger partial charge in [0.05, 0.1) is 0 Å². The summed E-state index contributed by atoms with van der Waals surface area (Å²) >= 11 is 0. The van der Waals surface area contributed by atoms with Crippen molar-refractivity contribution < 1.29 is 0 Å². The van der Waals surface area contributed by atoms with E-state index >= 15 is 0 Å². The Bertz CT molecular complexity index is 507. The number of hydrogen-bond acceptors (Lipinski definition) is 1. The van der Waals surface area contributed by atoms with Crippen molar-refractivity contribution in [2.24, 2.45) is 5.92 Å². The van der Waals surface area contributed by atoms with Crippen LogP contribution in [0.15, 0.2) is 18.2 Å². The lowest BCUT2D eigenvalue weighted by Gasteiger charge is -2.62. The molecule has 0 aromatic heterocycles. The van der Waals surface area contributed by atoms with Gasteiger partial charge in [0.15, 0.2) is 0 Å². The van der Waals surface area contributed by atoms with Gasteiger partial charge in [-0.15, -0.1) is 0 Å². The van der Waals surface area contributed by atoms with E-state index in [2.05, 4.69) is 37.4 Å². The zero-order chi connectivity index (χ0) is 15.0. The van der Waals surface area contributed by atoms with Crippen LogP contribution < -0.4 is 5.32 Å². The summed E-state index contributed by atoms with van der Waals surface area (Å²) in [6.07, 6.45) is 6.92. The molecular weight excluding hydrogens is 254 g/mol. The molecule has 1 heteroatoms. The number of piperidine rings is 1. The summed E-state index contributed by atoms with van der Waals surface area (Å²) in [4.78, 5) is 0. The van der Waals surface area contributed by atoms with E-state index < -0.39 is 0 Å². The van der Waals surface area contributed by atoms with E-state index in [-0.39, 0.29) is 0 Å². The predicted molar refractivity (Wildman–Crippen MR) is 91.0 cm³/mol. The summed E-state index contributed by atoms with van der Waals surface area (Å²) in [5, 5.41) is 3.78. The van der Waals surface area contributed by atoms with Crippen LogP contribution in [0.5, 0.6) is 0 Å². The minimum atomic E-state index is 0.545. The van der Waals surface area contributed by atoms with Crippen LogP contribution in [0.1, 0.15) is 76.0 Å². The second-order valence-electron chi connectivity index (χ2n) is 6.92. The Hall–Kier alpha value is -0.820. The molecule has 4 atom stereocenters. The summed E-state index contributed by atoms with van der Waals surface area (Å²) in [7, 11) is 0. The first-order valence-corrected chi connectivity index (χ1v) is 9.14. The van der Waals surface area contributed by atoms with Gasteiger partial charge in [-0.05, 0) is 48.8 Å². The lowest BCUT2D eigenvalue weighted by Crippen LogP contribution is -2.63. The first kappa shape index (κ1) is 15.1. The molecule has 2 fully saturated rings. The van der Waals surface area contributed by atoms with Crippen LogP contribution in [0.25, 0.3) is 0 Å². The zero-order valence-corrected chi connectivity index (χ0v) is 14.2. The molecule has 4 rings (SSSR count). The number of benzene rings is 1. The van der Waals surface area contributed by atoms with E-state index in [0.717, 1.165) is 11.8 Å². The summed E-state index contributed by atoms with van der Waals surface area (Å²) in [5.74, 6) is 1.68. The molecule has 1 heterocycles. The van der Waals surface area contributed by atoms with Gasteiger partial charge in [-0.3, -0.25) is 0 Å². The molecule has 1 aromatic carbocycles. The summed E-state index contributed by atoms with van der Waals surface area (Å²) < 4.78 is 0. The lowest BCUT2D eigenvalue weighted by atomic mass is 9.44. The molecule has 1 saturated heterocycles. The van der Waals surface area contributed by atoms with Crippen LogP contribution in [-0.2, 0) is 11.8 Å². The molecule has 2 aliphatic carbocycles. The molecule has 1 N–H and O–H groups in total. The average Bonchev–Trinajstić information content (AvgIpc) is 2.56. The van der Waals surface area contributed by atoms with Crippen molar-refractivity contribution >= 4 is 0 Å². The van der Waals surface area contributed by atoms with Crippen molar-refractivity contribution in [3.8, 4) is 0 Å². The van der Waals surface area contributed by atoms with Gasteiger partial charge in [0, 0.05) is 23.9 Å². The minimum Gasteiger partial charge on any atom is -0.313 e. The first-order valence-electron chi connectivity index (χ1n) is 9.14. The van der Waals surface area contributed by atoms with E-state index in [9.17, 15) is 0 Å². The number of nitrogens with one attached hydrogen (secondary N) is 1. The van der Waals surface area contributed by atoms with Crippen LogP contribution in [-0.4, -0.2) is 12.6 Å². The summed E-state index contributed by atoms with van der Waals surface area (Å²) in [6.45, 7) is 9.89. The number of rotatable bonds is 1. The largest absolute Gasteiger partial charge is 0.313 e. The normalized spacial score (nSPS) is 36.3. The SMILES string of the molecule is CC.CCc1ccc2c(c1)C13CCCCC1C(C)NCC23. The molecule has 1 aromatic rings. The maximum atomic E-state index is 3.78. The fraction of sp³-hybridized carbons (Fsp3) is 0.700. The van der Waals surface area contributed by atoms with Crippen LogP contribution >= 0.6 is 0 Å². The molecule has 0 bridgehead atoms. The smallest absolute Gasteiger partial charge is 0.00797 e. The summed E-state index contributed by atoms with van der Waals surface area (Å²) in [6, 6.07) is 8.02. The second kappa shape index (κ2) is 5.76. The first-order chi connectivity index (χ1) is 10.3. The molecule has 3 aliphatic rings. The standard InChI is InChI=1S/C18H25N.C2H6/c1-3-13-7-8-14-16(10-13)18-9-5-4-6-15(18)12(2)19-11-17(14)18;1-2/h7-8,10,12,15,17,19H,3-6,9,11H2,1-2H3;1-2H3. The Morgan fingerprint density at radius 2 is 2.05 bits per heavy atom. The number of aryl methyl sites for hydroxylation is 1. The summed E-state index contributed by atoms with van der Waals surface area (Å²) in [5.41, 5.74) is 5.46. The zero-order valence-electron chi connectivity index (χ0n) is 14.2. The minimum absolute atomic E-state index is 0.545. The van der Waals surface area contributed by atoms with E-state index in [1.165, 1.54) is 44.2 Å². The molecule has 1 saturated carbocycles. The maximum Gasteiger partial charge on any atom is 0.00797 e. The highest BCUT2D eigenvalue weighted by Crippen LogP contribution is 2.63. The van der Waals surface area contributed by atoms with Gasteiger partial charge in [-0.2, -0.15) is 0 Å². The van der Waals surface area contributed by atoms with Gasteiger partial charge in [-0.1, -0.05) is 51.8 Å². The quantitative estimate of drug-likeness (QED) is 0.782. The Labute approximate surface area is 130 Å². The Morgan fingerprint density at radius 1 is 1.24 bits per heavy atom. The molecule has 4 unspecified atom stereocenters. The number of fused-ring (bicyclic) bond motifs is 2. The van der Waals surface area contributed by atoms with Gasteiger partial charge >= 0.3 is 0 Å². The van der Waals surface area contributed by atoms with Crippen LogP contribution in [0.3, 0.4) is 0 Å². The van der Waals surface area contributed by atoms with Crippen molar-refractivity contribution in [2.45, 2.75) is 77.2 Å². The third-order valence-electron chi connectivity index (χ3n) is 6.29. The molecule has 0 radical (unpaired) electrons. The fourth-order valence-electron chi connectivity index (χ4n) is 5.34. The maximum absolute atomic E-state index is 3.78. The van der Waals surface area contributed by atoms with Crippen LogP contribution in [0.4, 0.5) is 0 Å². The fourth-order valence-corrected chi connectivity index (χ4v) is 5.34. The van der Waals surface area contributed by atoms with Gasteiger partial charge in [-0.25, -0.2) is 0 Å². The predicted octanol–water partition coefficient (Wildman–Crippen LogP) is 4.79. The Morgan fingerprint density at radius 3 is 2.81 bits per heavy atom. The molecular formula is C20H31N. The van der Waals surface area contributed by atoms with Gasteiger partial charge in [0.1, 0.15) is 0 Å². The Balaban J connectivity index is 0.000000636. The monoisotopic (exact) mass is 285 g/mol. The van der Waals surface area contributed by atoms with Gasteiger partial charge < -0.3 is 5.32 Å². The van der Waals surface area contributed by atoms with Gasteiger partial charge in [0.2, 0.25) is 0 Å².